The molecule has 1 fully saturated rings. The highest BCUT2D eigenvalue weighted by molar-refractivity contribution is 5.86. The van der Waals surface area contributed by atoms with E-state index in [0.717, 1.165) is 25.2 Å². The molecule has 0 aromatic heterocycles. The summed E-state index contributed by atoms with van der Waals surface area (Å²) in [6.07, 6.45) is 0. The first-order valence-electron chi connectivity index (χ1n) is 7.15. The number of aryl methyl sites for hydroxylation is 1. The third kappa shape index (κ3) is 2.72. The van der Waals surface area contributed by atoms with Crippen LogP contribution in [0.5, 0.6) is 0 Å². The van der Waals surface area contributed by atoms with Crippen molar-refractivity contribution in [2.45, 2.75) is 39.4 Å². The van der Waals surface area contributed by atoms with E-state index in [2.05, 4.69) is 30.0 Å². The number of nitrogens with zero attached hydrogens (tertiary/aromatic N) is 2. The van der Waals surface area contributed by atoms with Gasteiger partial charge < -0.3 is 10.6 Å². The summed E-state index contributed by atoms with van der Waals surface area (Å²) in [5, 5.41) is 0. The molecule has 1 aromatic rings. The largest absolute Gasteiger partial charge is 0.343 e. The minimum Gasteiger partial charge on any atom is -0.343 e. The lowest BCUT2D eigenvalue weighted by Crippen LogP contribution is -2.61. The van der Waals surface area contributed by atoms with E-state index in [-0.39, 0.29) is 5.91 Å². The van der Waals surface area contributed by atoms with E-state index in [9.17, 15) is 4.79 Å². The number of piperazine rings is 1. The zero-order valence-corrected chi connectivity index (χ0v) is 12.9. The van der Waals surface area contributed by atoms with Crippen molar-refractivity contribution in [1.29, 1.82) is 0 Å². The molecule has 110 valence electrons. The van der Waals surface area contributed by atoms with E-state index in [0.29, 0.717) is 6.54 Å². The lowest BCUT2D eigenvalue weighted by Gasteiger charge is -2.45. The lowest BCUT2D eigenvalue weighted by molar-refractivity contribution is -0.147. The van der Waals surface area contributed by atoms with Crippen LogP contribution in [0.2, 0.25) is 0 Å². The molecule has 0 bridgehead atoms. The number of carbonyl (C=O) groups is 1. The molecule has 4 heteroatoms. The first-order valence-corrected chi connectivity index (χ1v) is 7.15. The number of benzene rings is 1. The molecule has 1 aliphatic rings. The molecule has 1 amide bonds. The minimum absolute atomic E-state index is 0.194. The number of carbonyl (C=O) groups excluding carboxylic acids is 1. The molecule has 0 aliphatic carbocycles. The van der Waals surface area contributed by atoms with Crippen molar-refractivity contribution in [3.63, 3.8) is 0 Å². The predicted octanol–water partition coefficient (Wildman–Crippen LogP) is 1.51. The molecule has 0 saturated carbocycles. The average molecular weight is 275 g/mol. The van der Waals surface area contributed by atoms with Gasteiger partial charge in [-0.15, -0.1) is 0 Å². The quantitative estimate of drug-likeness (QED) is 0.909. The van der Waals surface area contributed by atoms with E-state index >= 15 is 0 Å². The second-order valence-corrected chi connectivity index (χ2v) is 6.17. The van der Waals surface area contributed by atoms with Crippen molar-refractivity contribution >= 4 is 5.91 Å². The van der Waals surface area contributed by atoms with Gasteiger partial charge in [-0.2, -0.15) is 0 Å². The Morgan fingerprint density at radius 1 is 1.30 bits per heavy atom. The van der Waals surface area contributed by atoms with Crippen LogP contribution in [0, 0.1) is 6.92 Å². The zero-order chi connectivity index (χ0) is 14.9. The van der Waals surface area contributed by atoms with Gasteiger partial charge in [-0.25, -0.2) is 0 Å². The van der Waals surface area contributed by atoms with Crippen LogP contribution in [-0.2, 0) is 17.9 Å². The molecule has 0 atom stereocenters. The van der Waals surface area contributed by atoms with Crippen molar-refractivity contribution in [3.05, 3.63) is 34.9 Å². The summed E-state index contributed by atoms with van der Waals surface area (Å²) in [4.78, 5) is 16.4. The van der Waals surface area contributed by atoms with Crippen LogP contribution in [-0.4, -0.2) is 41.4 Å². The molecule has 0 radical (unpaired) electrons. The third-order valence-corrected chi connectivity index (χ3v) is 4.37. The van der Waals surface area contributed by atoms with E-state index in [4.69, 9.17) is 5.73 Å². The summed E-state index contributed by atoms with van der Waals surface area (Å²) in [7, 11) is 1.88. The second kappa shape index (κ2) is 5.54. The second-order valence-electron chi connectivity index (χ2n) is 6.17. The van der Waals surface area contributed by atoms with Gasteiger partial charge in [-0.3, -0.25) is 9.69 Å². The Kier molecular flexibility index (Phi) is 4.16. The summed E-state index contributed by atoms with van der Waals surface area (Å²) in [5.41, 5.74) is 8.90. The molecule has 20 heavy (non-hydrogen) atoms. The van der Waals surface area contributed by atoms with Crippen LogP contribution < -0.4 is 5.73 Å². The van der Waals surface area contributed by atoms with Gasteiger partial charge in [0.05, 0.1) is 5.54 Å². The predicted molar refractivity (Wildman–Crippen MR) is 81.2 cm³/mol. The van der Waals surface area contributed by atoms with Crippen LogP contribution in [0.3, 0.4) is 0 Å². The molecule has 1 aliphatic heterocycles. The number of hydrogen-bond acceptors (Lipinski definition) is 3. The maximum Gasteiger partial charge on any atom is 0.242 e. The van der Waals surface area contributed by atoms with E-state index in [1.165, 1.54) is 11.1 Å². The van der Waals surface area contributed by atoms with Gasteiger partial charge in [0, 0.05) is 33.2 Å². The Hall–Kier alpha value is -1.39. The lowest BCUT2D eigenvalue weighted by atomic mass is 9.95. The summed E-state index contributed by atoms with van der Waals surface area (Å²) in [6, 6.07) is 6.35. The van der Waals surface area contributed by atoms with Crippen LogP contribution in [0.15, 0.2) is 18.2 Å². The number of likely N-dealkylation sites (N-methyl/N-ethyl adjacent to an activating group) is 1. The Morgan fingerprint density at radius 3 is 2.60 bits per heavy atom. The maximum absolute atomic E-state index is 12.3. The van der Waals surface area contributed by atoms with Gasteiger partial charge in [0.25, 0.3) is 0 Å². The van der Waals surface area contributed by atoms with Gasteiger partial charge in [0.2, 0.25) is 5.91 Å². The Bertz CT molecular complexity index is 510. The van der Waals surface area contributed by atoms with E-state index < -0.39 is 5.54 Å². The summed E-state index contributed by atoms with van der Waals surface area (Å²) in [6.45, 7) is 9.21. The average Bonchev–Trinajstić information content (AvgIpc) is 2.41. The fraction of sp³-hybridized carbons (Fsp3) is 0.562. The number of amides is 1. The Labute approximate surface area is 121 Å². The van der Waals surface area contributed by atoms with Crippen LogP contribution in [0.1, 0.15) is 30.5 Å². The van der Waals surface area contributed by atoms with Gasteiger partial charge in [0.15, 0.2) is 0 Å². The normalized spacial score (nSPS) is 19.4. The molecular weight excluding hydrogens is 250 g/mol. The van der Waals surface area contributed by atoms with Gasteiger partial charge in [-0.1, -0.05) is 18.2 Å². The SMILES string of the molecule is Cc1cc(CN)ccc1CN1CCN(C)C(=O)C1(C)C. The van der Waals surface area contributed by atoms with E-state index in [1.807, 2.05) is 25.8 Å². The summed E-state index contributed by atoms with van der Waals surface area (Å²) >= 11 is 0. The molecular formula is C16H25N3O. The maximum atomic E-state index is 12.3. The number of nitrogens with two attached hydrogens (primary N) is 1. The van der Waals surface area contributed by atoms with Crippen molar-refractivity contribution < 1.29 is 4.79 Å². The molecule has 1 aromatic carbocycles. The number of hydrogen-bond donors (Lipinski definition) is 1. The standard InChI is InChI=1S/C16H25N3O/c1-12-9-13(10-17)5-6-14(12)11-19-8-7-18(4)15(20)16(19,2)3/h5-6,9H,7-8,10-11,17H2,1-4H3. The molecule has 2 rings (SSSR count). The Balaban J connectivity index is 2.19. The first-order chi connectivity index (χ1) is 9.36. The van der Waals surface area contributed by atoms with Crippen LogP contribution >= 0.6 is 0 Å². The fourth-order valence-electron chi connectivity index (χ4n) is 2.80. The molecule has 0 spiro atoms. The molecule has 1 saturated heterocycles. The highest BCUT2D eigenvalue weighted by Gasteiger charge is 2.40. The molecule has 4 nitrogen and oxygen atoms in total. The highest BCUT2D eigenvalue weighted by Crippen LogP contribution is 2.25. The van der Waals surface area contributed by atoms with Gasteiger partial charge >= 0.3 is 0 Å². The van der Waals surface area contributed by atoms with Crippen molar-refractivity contribution in [2.24, 2.45) is 5.73 Å². The van der Waals surface area contributed by atoms with Crippen molar-refractivity contribution in [1.82, 2.24) is 9.80 Å². The smallest absolute Gasteiger partial charge is 0.242 e. The minimum atomic E-state index is -0.439. The molecule has 2 N–H and O–H groups in total. The highest BCUT2D eigenvalue weighted by atomic mass is 16.2. The van der Waals surface area contributed by atoms with Crippen molar-refractivity contribution in [2.75, 3.05) is 20.1 Å². The summed E-state index contributed by atoms with van der Waals surface area (Å²) < 4.78 is 0. The summed E-state index contributed by atoms with van der Waals surface area (Å²) in [5.74, 6) is 0.194. The van der Waals surface area contributed by atoms with Crippen LogP contribution in [0.25, 0.3) is 0 Å². The zero-order valence-electron chi connectivity index (χ0n) is 12.9. The third-order valence-electron chi connectivity index (χ3n) is 4.37. The molecule has 1 heterocycles. The molecule has 0 unspecified atom stereocenters. The van der Waals surface area contributed by atoms with Crippen LogP contribution in [0.4, 0.5) is 0 Å². The topological polar surface area (TPSA) is 49.6 Å². The number of rotatable bonds is 3. The van der Waals surface area contributed by atoms with Gasteiger partial charge in [0.1, 0.15) is 0 Å². The Morgan fingerprint density at radius 2 is 2.00 bits per heavy atom. The fourth-order valence-corrected chi connectivity index (χ4v) is 2.80. The monoisotopic (exact) mass is 275 g/mol. The van der Waals surface area contributed by atoms with Crippen molar-refractivity contribution in [3.8, 4) is 0 Å². The van der Waals surface area contributed by atoms with E-state index in [1.54, 1.807) is 0 Å². The van der Waals surface area contributed by atoms with Gasteiger partial charge in [-0.05, 0) is 37.5 Å². The first kappa shape index (κ1) is 15.0.